The molecule has 0 aromatic heterocycles. The summed E-state index contributed by atoms with van der Waals surface area (Å²) < 4.78 is 5.54. The minimum Gasteiger partial charge on any atom is -0.370 e. The molecular weight excluding hydrogens is 200 g/mol. The lowest BCUT2D eigenvalue weighted by atomic mass is 9.76. The van der Waals surface area contributed by atoms with Crippen LogP contribution in [0.25, 0.3) is 0 Å². The van der Waals surface area contributed by atoms with Gasteiger partial charge in [0.2, 0.25) is 0 Å². The number of allylic oxidation sites excluding steroid dienone is 1. The third kappa shape index (κ3) is 3.18. The van der Waals surface area contributed by atoms with Crippen molar-refractivity contribution in [3.05, 3.63) is 12.2 Å². The number of ketones is 1. The monoisotopic (exact) mass is 224 g/mol. The van der Waals surface area contributed by atoms with Crippen LogP contribution in [-0.4, -0.2) is 18.5 Å². The zero-order valence-electron chi connectivity index (χ0n) is 10.8. The van der Waals surface area contributed by atoms with Crippen LogP contribution in [0.2, 0.25) is 0 Å². The lowest BCUT2D eigenvalue weighted by Gasteiger charge is -2.37. The number of rotatable bonds is 5. The van der Waals surface area contributed by atoms with Gasteiger partial charge in [0.05, 0.1) is 0 Å². The Morgan fingerprint density at radius 1 is 1.38 bits per heavy atom. The minimum absolute atomic E-state index is 0.268. The fourth-order valence-corrected chi connectivity index (χ4v) is 2.38. The van der Waals surface area contributed by atoms with Crippen LogP contribution in [0.4, 0.5) is 0 Å². The van der Waals surface area contributed by atoms with Crippen LogP contribution in [0.5, 0.6) is 0 Å². The zero-order chi connectivity index (χ0) is 12.2. The van der Waals surface area contributed by atoms with E-state index < -0.39 is 5.60 Å². The van der Waals surface area contributed by atoms with Gasteiger partial charge in [-0.25, -0.2) is 0 Å². The quantitative estimate of drug-likeness (QED) is 0.668. The second-order valence-corrected chi connectivity index (χ2v) is 5.26. The van der Waals surface area contributed by atoms with Crippen molar-refractivity contribution >= 4 is 5.78 Å². The van der Waals surface area contributed by atoms with E-state index in [1.807, 2.05) is 6.92 Å². The smallest absolute Gasteiger partial charge is 0.164 e. The molecule has 1 saturated carbocycles. The molecule has 2 nitrogen and oxygen atoms in total. The summed E-state index contributed by atoms with van der Waals surface area (Å²) in [5.74, 6) is 1.00. The fourth-order valence-electron chi connectivity index (χ4n) is 2.38. The number of hydrogen-bond donors (Lipinski definition) is 0. The van der Waals surface area contributed by atoms with Gasteiger partial charge in [-0.15, -0.1) is 6.58 Å². The van der Waals surface area contributed by atoms with Gasteiger partial charge in [-0.2, -0.15) is 0 Å². The Hall–Kier alpha value is -0.630. The van der Waals surface area contributed by atoms with Gasteiger partial charge in [0.25, 0.3) is 0 Å². The first-order chi connectivity index (χ1) is 7.50. The lowest BCUT2D eigenvalue weighted by Crippen LogP contribution is -2.43. The molecule has 0 aliphatic heterocycles. The summed E-state index contributed by atoms with van der Waals surface area (Å²) in [6.45, 7) is 8.06. The standard InChI is InChI=1S/C14H24O2/c1-11(2)5-6-13(15)14(16-4)9-7-12(3)8-10-14/h12H,1,5-10H2,2-4H3. The summed E-state index contributed by atoms with van der Waals surface area (Å²) in [7, 11) is 1.68. The predicted molar refractivity (Wildman–Crippen MR) is 66.4 cm³/mol. The molecule has 92 valence electrons. The maximum atomic E-state index is 12.2. The van der Waals surface area contributed by atoms with Crippen LogP contribution in [0.3, 0.4) is 0 Å². The molecule has 1 rings (SSSR count). The summed E-state index contributed by atoms with van der Waals surface area (Å²) >= 11 is 0. The number of ether oxygens (including phenoxy) is 1. The van der Waals surface area contributed by atoms with Gasteiger partial charge in [-0.3, -0.25) is 4.79 Å². The molecule has 1 aliphatic carbocycles. The van der Waals surface area contributed by atoms with E-state index in [-0.39, 0.29) is 5.78 Å². The summed E-state index contributed by atoms with van der Waals surface area (Å²) in [6.07, 6.45) is 5.36. The molecule has 0 radical (unpaired) electrons. The molecule has 0 N–H and O–H groups in total. The average molecular weight is 224 g/mol. The largest absolute Gasteiger partial charge is 0.370 e. The number of Topliss-reactive ketones (excluding diaryl/α,β-unsaturated/α-hetero) is 1. The van der Waals surface area contributed by atoms with Crippen molar-refractivity contribution < 1.29 is 9.53 Å². The number of hydrogen-bond acceptors (Lipinski definition) is 2. The summed E-state index contributed by atoms with van der Waals surface area (Å²) in [5, 5.41) is 0. The topological polar surface area (TPSA) is 26.3 Å². The molecule has 0 saturated heterocycles. The Labute approximate surface area is 99.1 Å². The molecule has 0 aromatic carbocycles. The molecule has 2 heteroatoms. The van der Waals surface area contributed by atoms with Gasteiger partial charge in [0.15, 0.2) is 5.78 Å². The van der Waals surface area contributed by atoms with Crippen molar-refractivity contribution in [1.82, 2.24) is 0 Å². The Balaban J connectivity index is 2.58. The van der Waals surface area contributed by atoms with Crippen molar-refractivity contribution in [1.29, 1.82) is 0 Å². The average Bonchev–Trinajstić information content (AvgIpc) is 2.27. The summed E-state index contributed by atoms with van der Waals surface area (Å²) in [4.78, 5) is 12.2. The maximum absolute atomic E-state index is 12.2. The van der Waals surface area contributed by atoms with Gasteiger partial charge < -0.3 is 4.74 Å². The first-order valence-corrected chi connectivity index (χ1v) is 6.23. The second-order valence-electron chi connectivity index (χ2n) is 5.26. The van der Waals surface area contributed by atoms with Gasteiger partial charge in [-0.05, 0) is 44.9 Å². The van der Waals surface area contributed by atoms with E-state index in [9.17, 15) is 4.79 Å². The maximum Gasteiger partial charge on any atom is 0.164 e. The highest BCUT2D eigenvalue weighted by molar-refractivity contribution is 5.87. The van der Waals surface area contributed by atoms with E-state index in [1.54, 1.807) is 7.11 Å². The molecule has 1 aliphatic rings. The first-order valence-electron chi connectivity index (χ1n) is 6.23. The summed E-state index contributed by atoms with van der Waals surface area (Å²) in [6, 6.07) is 0. The van der Waals surface area contributed by atoms with E-state index in [2.05, 4.69) is 13.5 Å². The van der Waals surface area contributed by atoms with E-state index >= 15 is 0 Å². The Kier molecular flexibility index (Phi) is 4.72. The Morgan fingerprint density at radius 3 is 2.38 bits per heavy atom. The van der Waals surface area contributed by atoms with Gasteiger partial charge in [0.1, 0.15) is 5.60 Å². The van der Waals surface area contributed by atoms with Crippen LogP contribution in [-0.2, 0) is 9.53 Å². The molecule has 0 spiro atoms. The molecule has 0 bridgehead atoms. The zero-order valence-corrected chi connectivity index (χ0v) is 10.8. The highest BCUT2D eigenvalue weighted by Crippen LogP contribution is 2.36. The number of carbonyl (C=O) groups excluding carboxylic acids is 1. The van der Waals surface area contributed by atoms with E-state index in [4.69, 9.17) is 4.74 Å². The molecule has 0 heterocycles. The fraction of sp³-hybridized carbons (Fsp3) is 0.786. The van der Waals surface area contributed by atoms with Crippen LogP contribution in [0.15, 0.2) is 12.2 Å². The lowest BCUT2D eigenvalue weighted by molar-refractivity contribution is -0.146. The van der Waals surface area contributed by atoms with Crippen molar-refractivity contribution in [2.75, 3.05) is 7.11 Å². The molecule has 0 atom stereocenters. The van der Waals surface area contributed by atoms with Crippen molar-refractivity contribution in [3.63, 3.8) is 0 Å². The number of carbonyl (C=O) groups is 1. The molecule has 0 unspecified atom stereocenters. The third-order valence-electron chi connectivity index (χ3n) is 3.76. The van der Waals surface area contributed by atoms with Crippen LogP contribution in [0.1, 0.15) is 52.4 Å². The first kappa shape index (κ1) is 13.4. The minimum atomic E-state index is -0.484. The number of methoxy groups -OCH3 is 1. The van der Waals surface area contributed by atoms with E-state index in [1.165, 1.54) is 0 Å². The molecule has 0 aromatic rings. The normalized spacial score (nSPS) is 30.1. The van der Waals surface area contributed by atoms with Crippen LogP contribution < -0.4 is 0 Å². The molecule has 1 fully saturated rings. The van der Waals surface area contributed by atoms with E-state index in [0.717, 1.165) is 43.6 Å². The SMILES string of the molecule is C=C(C)CCC(=O)C1(OC)CCC(C)CC1. The van der Waals surface area contributed by atoms with Crippen molar-refractivity contribution in [2.45, 2.75) is 58.0 Å². The van der Waals surface area contributed by atoms with Crippen molar-refractivity contribution in [2.24, 2.45) is 5.92 Å². The van der Waals surface area contributed by atoms with Crippen molar-refractivity contribution in [3.8, 4) is 0 Å². The highest BCUT2D eigenvalue weighted by Gasteiger charge is 2.40. The van der Waals surface area contributed by atoms with Crippen LogP contribution in [0, 0.1) is 5.92 Å². The summed E-state index contributed by atoms with van der Waals surface area (Å²) in [5.41, 5.74) is 0.589. The predicted octanol–water partition coefficient (Wildman–Crippen LogP) is 3.51. The second kappa shape index (κ2) is 5.62. The Bertz CT molecular complexity index is 260. The molecule has 0 amide bonds. The van der Waals surface area contributed by atoms with Gasteiger partial charge in [0, 0.05) is 13.5 Å². The van der Waals surface area contributed by atoms with Gasteiger partial charge in [-0.1, -0.05) is 12.5 Å². The van der Waals surface area contributed by atoms with Gasteiger partial charge >= 0.3 is 0 Å². The van der Waals surface area contributed by atoms with E-state index in [0.29, 0.717) is 6.42 Å². The highest BCUT2D eigenvalue weighted by atomic mass is 16.5. The molecule has 16 heavy (non-hydrogen) atoms. The Morgan fingerprint density at radius 2 is 1.94 bits per heavy atom. The van der Waals surface area contributed by atoms with Crippen LogP contribution >= 0.6 is 0 Å². The molecular formula is C14H24O2. The third-order valence-corrected chi connectivity index (χ3v) is 3.76.